The molecule has 2 aromatic carbocycles. The topological polar surface area (TPSA) is 46.6 Å². The van der Waals surface area contributed by atoms with Gasteiger partial charge < -0.3 is 4.74 Å². The Bertz CT molecular complexity index is 834. The van der Waals surface area contributed by atoms with E-state index in [-0.39, 0.29) is 11.1 Å². The summed E-state index contributed by atoms with van der Waals surface area (Å²) in [5.74, 6) is 0.146. The summed E-state index contributed by atoms with van der Waals surface area (Å²) in [6, 6.07) is 9.99. The van der Waals surface area contributed by atoms with Crippen molar-refractivity contribution in [1.82, 2.24) is 0 Å². The fourth-order valence-electron chi connectivity index (χ4n) is 2.64. The summed E-state index contributed by atoms with van der Waals surface area (Å²) in [7, 11) is 0. The molecule has 26 heavy (non-hydrogen) atoms. The molecule has 3 rings (SSSR count). The second kappa shape index (κ2) is 8.09. The molecule has 0 aliphatic carbocycles. The van der Waals surface area contributed by atoms with E-state index >= 15 is 0 Å². The van der Waals surface area contributed by atoms with E-state index in [2.05, 4.69) is 0 Å². The number of anilines is 1. The standard InChI is InChI=1S/C18H14Cl3NO3S/c1-2-25-16-13(20)7-10(8-14(16)21)9-15-17(23)22(18(24)26-15)12-5-3-11(19)4-6-12/h3-8,15H,2,9H2,1H3/t15-/m0/s1. The number of hydrogen-bond donors (Lipinski definition) is 0. The first kappa shape index (κ1) is 19.4. The average molecular weight is 431 g/mol. The summed E-state index contributed by atoms with van der Waals surface area (Å²) in [6.07, 6.45) is 0.338. The highest BCUT2D eigenvalue weighted by molar-refractivity contribution is 8.15. The molecule has 1 aliphatic rings. The Balaban J connectivity index is 1.80. The van der Waals surface area contributed by atoms with Crippen molar-refractivity contribution in [3.05, 3.63) is 57.0 Å². The van der Waals surface area contributed by atoms with Gasteiger partial charge in [-0.2, -0.15) is 0 Å². The van der Waals surface area contributed by atoms with Gasteiger partial charge in [0, 0.05) is 5.02 Å². The zero-order valence-corrected chi connectivity index (χ0v) is 16.8. The Morgan fingerprint density at radius 1 is 1.08 bits per heavy atom. The van der Waals surface area contributed by atoms with Gasteiger partial charge in [-0.1, -0.05) is 46.6 Å². The van der Waals surface area contributed by atoms with Crippen molar-refractivity contribution >= 4 is 63.4 Å². The number of amides is 2. The first-order chi connectivity index (χ1) is 12.4. The van der Waals surface area contributed by atoms with Gasteiger partial charge in [-0.05, 0) is 55.3 Å². The molecule has 1 heterocycles. The maximum absolute atomic E-state index is 12.7. The summed E-state index contributed by atoms with van der Waals surface area (Å²) in [4.78, 5) is 26.2. The van der Waals surface area contributed by atoms with Gasteiger partial charge in [-0.25, -0.2) is 4.90 Å². The lowest BCUT2D eigenvalue weighted by atomic mass is 10.1. The number of nitrogens with zero attached hydrogens (tertiary/aromatic N) is 1. The number of carbonyl (C=O) groups is 2. The van der Waals surface area contributed by atoms with Crippen LogP contribution in [0, 0.1) is 0 Å². The van der Waals surface area contributed by atoms with E-state index in [9.17, 15) is 9.59 Å². The van der Waals surface area contributed by atoms with Gasteiger partial charge in [0.1, 0.15) is 0 Å². The highest BCUT2D eigenvalue weighted by Crippen LogP contribution is 2.38. The SMILES string of the molecule is CCOc1c(Cl)cc(C[C@@H]2SC(=O)N(c3ccc(Cl)cc3)C2=O)cc1Cl. The minimum atomic E-state index is -0.539. The van der Waals surface area contributed by atoms with Gasteiger partial charge in [0.2, 0.25) is 5.91 Å². The van der Waals surface area contributed by atoms with Gasteiger partial charge in [0.05, 0.1) is 27.6 Å². The molecule has 4 nitrogen and oxygen atoms in total. The van der Waals surface area contributed by atoms with Crippen molar-refractivity contribution in [2.45, 2.75) is 18.6 Å². The van der Waals surface area contributed by atoms with E-state index in [0.717, 1.165) is 17.3 Å². The van der Waals surface area contributed by atoms with Crippen LogP contribution in [-0.4, -0.2) is 23.0 Å². The Labute approximate surface area is 170 Å². The fraction of sp³-hybridized carbons (Fsp3) is 0.222. The number of rotatable bonds is 5. The molecule has 2 amide bonds. The molecule has 1 fully saturated rings. The van der Waals surface area contributed by atoms with Crippen LogP contribution in [0.1, 0.15) is 12.5 Å². The zero-order chi connectivity index (χ0) is 18.8. The van der Waals surface area contributed by atoms with Crippen LogP contribution in [0.4, 0.5) is 10.5 Å². The summed E-state index contributed by atoms with van der Waals surface area (Å²) >= 11 is 19.3. The van der Waals surface area contributed by atoms with Gasteiger partial charge in [-0.3, -0.25) is 9.59 Å². The number of benzene rings is 2. The third-order valence-corrected chi connectivity index (χ3v) is 5.62. The third-order valence-electron chi connectivity index (χ3n) is 3.77. The normalized spacial score (nSPS) is 17.1. The lowest BCUT2D eigenvalue weighted by Crippen LogP contribution is -2.32. The van der Waals surface area contributed by atoms with E-state index < -0.39 is 5.25 Å². The molecule has 0 radical (unpaired) electrons. The van der Waals surface area contributed by atoms with Crippen molar-refractivity contribution in [3.63, 3.8) is 0 Å². The smallest absolute Gasteiger partial charge is 0.293 e. The third kappa shape index (κ3) is 3.96. The Hall–Kier alpha value is -1.40. The quantitative estimate of drug-likeness (QED) is 0.596. The first-order valence-corrected chi connectivity index (χ1v) is 9.83. The summed E-state index contributed by atoms with van der Waals surface area (Å²) in [5, 5.41) is 0.445. The Kier molecular flexibility index (Phi) is 6.03. The molecule has 0 saturated carbocycles. The molecule has 0 N–H and O–H groups in total. The van der Waals surface area contributed by atoms with Gasteiger partial charge >= 0.3 is 0 Å². The van der Waals surface area contributed by atoms with E-state index in [4.69, 9.17) is 39.5 Å². The van der Waals surface area contributed by atoms with E-state index in [1.807, 2.05) is 6.92 Å². The Morgan fingerprint density at radius 2 is 1.69 bits per heavy atom. The molecular formula is C18H14Cl3NO3S. The van der Waals surface area contributed by atoms with Crippen LogP contribution < -0.4 is 9.64 Å². The predicted octanol–water partition coefficient (Wildman–Crippen LogP) is 5.86. The van der Waals surface area contributed by atoms with Gasteiger partial charge in [0.25, 0.3) is 5.24 Å². The predicted molar refractivity (Wildman–Crippen MR) is 107 cm³/mol. The van der Waals surface area contributed by atoms with Crippen LogP contribution in [0.25, 0.3) is 0 Å². The minimum Gasteiger partial charge on any atom is -0.491 e. The van der Waals surface area contributed by atoms with E-state index in [0.29, 0.717) is 39.5 Å². The second-order valence-corrected chi connectivity index (χ2v) is 7.95. The highest BCUT2D eigenvalue weighted by atomic mass is 35.5. The lowest BCUT2D eigenvalue weighted by Gasteiger charge is -2.14. The molecule has 0 aromatic heterocycles. The van der Waals surface area contributed by atoms with Crippen LogP contribution in [0.5, 0.6) is 5.75 Å². The van der Waals surface area contributed by atoms with Crippen LogP contribution in [0.2, 0.25) is 15.1 Å². The number of thioether (sulfide) groups is 1. The minimum absolute atomic E-state index is 0.275. The number of carbonyl (C=O) groups excluding carboxylic acids is 2. The Morgan fingerprint density at radius 3 is 2.27 bits per heavy atom. The first-order valence-electron chi connectivity index (χ1n) is 7.81. The van der Waals surface area contributed by atoms with Crippen LogP contribution in [0.3, 0.4) is 0 Å². The molecule has 1 aliphatic heterocycles. The zero-order valence-electron chi connectivity index (χ0n) is 13.7. The largest absolute Gasteiger partial charge is 0.491 e. The van der Waals surface area contributed by atoms with Gasteiger partial charge in [-0.15, -0.1) is 0 Å². The average Bonchev–Trinajstić information content (AvgIpc) is 2.86. The molecule has 0 spiro atoms. The van der Waals surface area contributed by atoms with Crippen LogP contribution in [0.15, 0.2) is 36.4 Å². The summed E-state index contributed by atoms with van der Waals surface area (Å²) in [5.41, 5.74) is 1.27. The van der Waals surface area contributed by atoms with Crippen LogP contribution in [-0.2, 0) is 11.2 Å². The van der Waals surface area contributed by atoms with Gasteiger partial charge in [0.15, 0.2) is 5.75 Å². The van der Waals surface area contributed by atoms with Crippen molar-refractivity contribution < 1.29 is 14.3 Å². The van der Waals surface area contributed by atoms with Crippen molar-refractivity contribution in [3.8, 4) is 5.75 Å². The van der Waals surface area contributed by atoms with Crippen molar-refractivity contribution in [1.29, 1.82) is 0 Å². The molecule has 2 aromatic rings. The van der Waals surface area contributed by atoms with Crippen molar-refractivity contribution in [2.24, 2.45) is 0 Å². The lowest BCUT2D eigenvalue weighted by molar-refractivity contribution is -0.117. The maximum atomic E-state index is 12.7. The summed E-state index contributed by atoms with van der Waals surface area (Å²) < 4.78 is 5.41. The monoisotopic (exact) mass is 429 g/mol. The number of ether oxygens (including phenoxy) is 1. The molecule has 8 heteroatoms. The molecule has 1 saturated heterocycles. The van der Waals surface area contributed by atoms with E-state index in [1.54, 1.807) is 36.4 Å². The molecule has 1 atom stereocenters. The summed E-state index contributed by atoms with van der Waals surface area (Å²) in [6.45, 7) is 2.28. The maximum Gasteiger partial charge on any atom is 0.293 e. The number of imide groups is 1. The van der Waals surface area contributed by atoms with Crippen molar-refractivity contribution in [2.75, 3.05) is 11.5 Å². The molecule has 0 bridgehead atoms. The molecule has 0 unspecified atom stereocenters. The molecular weight excluding hydrogens is 417 g/mol. The second-order valence-electron chi connectivity index (χ2n) is 5.55. The highest BCUT2D eigenvalue weighted by Gasteiger charge is 2.40. The number of halogens is 3. The van der Waals surface area contributed by atoms with Crippen LogP contribution >= 0.6 is 46.6 Å². The molecule has 136 valence electrons. The van der Waals surface area contributed by atoms with E-state index in [1.165, 1.54) is 4.90 Å². The number of hydrogen-bond acceptors (Lipinski definition) is 4. The fourth-order valence-corrected chi connectivity index (χ4v) is 4.43.